The van der Waals surface area contributed by atoms with Crippen LogP contribution in [-0.2, 0) is 0 Å². The molecule has 2 amide bonds. The predicted octanol–water partition coefficient (Wildman–Crippen LogP) is 1.86. The van der Waals surface area contributed by atoms with Crippen LogP contribution in [-0.4, -0.2) is 28.8 Å². The fourth-order valence-corrected chi connectivity index (χ4v) is 1.57. The number of hydrogen-bond donors (Lipinski definition) is 1. The number of anilines is 1. The Bertz CT molecular complexity index is 443. The van der Waals surface area contributed by atoms with E-state index in [4.69, 9.17) is 17.6 Å². The van der Waals surface area contributed by atoms with Crippen molar-refractivity contribution in [1.82, 2.24) is 4.90 Å². The molecular formula is C10H9N3OS. The molecule has 0 unspecified atom stereocenters. The third-order valence-corrected chi connectivity index (χ3v) is 2.69. The molecule has 15 heavy (non-hydrogen) atoms. The molecule has 0 spiro atoms. The Hall–Kier alpha value is -1.75. The standard InChI is InChI=1S/C10H9N3OS/c1-12-9(15)8(11)13(10(12)14)7-5-3-2-4-6-7/h2-6,11H,1H3. The average Bonchev–Trinajstić information content (AvgIpc) is 2.45. The van der Waals surface area contributed by atoms with Gasteiger partial charge in [-0.15, -0.1) is 0 Å². The van der Waals surface area contributed by atoms with Crippen LogP contribution in [0.2, 0.25) is 0 Å². The Morgan fingerprint density at radius 3 is 2.33 bits per heavy atom. The Morgan fingerprint density at radius 1 is 1.27 bits per heavy atom. The number of nitrogens with zero attached hydrogens (tertiary/aromatic N) is 2. The van der Waals surface area contributed by atoms with Gasteiger partial charge in [0.05, 0.1) is 5.69 Å². The molecule has 76 valence electrons. The van der Waals surface area contributed by atoms with Crippen molar-refractivity contribution in [3.05, 3.63) is 30.3 Å². The normalized spacial score (nSPS) is 16.5. The number of para-hydroxylation sites is 1. The zero-order valence-corrected chi connectivity index (χ0v) is 8.91. The molecule has 1 aromatic rings. The highest BCUT2D eigenvalue weighted by Gasteiger charge is 2.36. The van der Waals surface area contributed by atoms with Gasteiger partial charge in [-0.25, -0.2) is 9.69 Å². The minimum Gasteiger partial charge on any atom is -0.284 e. The van der Waals surface area contributed by atoms with Gasteiger partial charge in [0.2, 0.25) is 0 Å². The average molecular weight is 219 g/mol. The third-order valence-electron chi connectivity index (χ3n) is 2.22. The first-order valence-corrected chi connectivity index (χ1v) is 4.79. The first-order chi connectivity index (χ1) is 7.13. The molecule has 4 nitrogen and oxygen atoms in total. The van der Waals surface area contributed by atoms with Crippen LogP contribution in [0.4, 0.5) is 10.5 Å². The van der Waals surface area contributed by atoms with E-state index in [1.165, 1.54) is 9.80 Å². The van der Waals surface area contributed by atoms with Crippen LogP contribution in [0.1, 0.15) is 0 Å². The fraction of sp³-hybridized carbons (Fsp3) is 0.100. The third kappa shape index (κ3) is 1.41. The smallest absolute Gasteiger partial charge is 0.284 e. The molecule has 0 radical (unpaired) electrons. The topological polar surface area (TPSA) is 47.4 Å². The van der Waals surface area contributed by atoms with Crippen molar-refractivity contribution in [2.45, 2.75) is 0 Å². The van der Waals surface area contributed by atoms with Crippen molar-refractivity contribution in [1.29, 1.82) is 5.41 Å². The summed E-state index contributed by atoms with van der Waals surface area (Å²) in [7, 11) is 1.57. The molecule has 1 fully saturated rings. The first-order valence-electron chi connectivity index (χ1n) is 4.38. The van der Waals surface area contributed by atoms with Crippen molar-refractivity contribution >= 4 is 34.8 Å². The molecule has 0 atom stereocenters. The number of hydrogen-bond acceptors (Lipinski definition) is 3. The zero-order chi connectivity index (χ0) is 11.0. The summed E-state index contributed by atoms with van der Waals surface area (Å²) in [4.78, 5) is 14.6. The lowest BCUT2D eigenvalue weighted by Crippen LogP contribution is -2.30. The maximum absolute atomic E-state index is 11.8. The van der Waals surface area contributed by atoms with Gasteiger partial charge < -0.3 is 0 Å². The van der Waals surface area contributed by atoms with Crippen LogP contribution in [0.5, 0.6) is 0 Å². The van der Waals surface area contributed by atoms with Crippen molar-refractivity contribution in [3.8, 4) is 0 Å². The molecule has 1 aromatic carbocycles. The number of carbonyl (C=O) groups excluding carboxylic acids is 1. The summed E-state index contributed by atoms with van der Waals surface area (Å²) < 4.78 is 0. The van der Waals surface area contributed by atoms with Gasteiger partial charge in [0.1, 0.15) is 0 Å². The highest BCUT2D eigenvalue weighted by molar-refractivity contribution is 7.82. The largest absolute Gasteiger partial charge is 0.335 e. The van der Waals surface area contributed by atoms with Crippen LogP contribution in [0, 0.1) is 5.41 Å². The molecule has 0 aromatic heterocycles. The van der Waals surface area contributed by atoms with E-state index >= 15 is 0 Å². The summed E-state index contributed by atoms with van der Waals surface area (Å²) in [5.41, 5.74) is 0.666. The summed E-state index contributed by atoms with van der Waals surface area (Å²) in [6.07, 6.45) is 0. The lowest BCUT2D eigenvalue weighted by molar-refractivity contribution is 0.238. The molecule has 1 aliphatic rings. The number of thiocarbonyl (C=S) groups is 1. The van der Waals surface area contributed by atoms with Gasteiger partial charge in [0.15, 0.2) is 10.8 Å². The van der Waals surface area contributed by atoms with E-state index in [9.17, 15) is 4.79 Å². The summed E-state index contributed by atoms with van der Waals surface area (Å²) in [5, 5.41) is 7.73. The lowest BCUT2D eigenvalue weighted by Gasteiger charge is -2.14. The van der Waals surface area contributed by atoms with E-state index in [0.717, 1.165) is 0 Å². The number of rotatable bonds is 1. The quantitative estimate of drug-likeness (QED) is 0.733. The van der Waals surface area contributed by atoms with Gasteiger partial charge in [0.25, 0.3) is 0 Å². The second-order valence-corrected chi connectivity index (χ2v) is 3.55. The molecule has 0 saturated carbocycles. The minimum absolute atomic E-state index is 0.0590. The molecule has 1 aliphatic heterocycles. The van der Waals surface area contributed by atoms with Crippen LogP contribution >= 0.6 is 12.2 Å². The van der Waals surface area contributed by atoms with Crippen molar-refractivity contribution in [3.63, 3.8) is 0 Å². The highest BCUT2D eigenvalue weighted by Crippen LogP contribution is 2.21. The Balaban J connectivity index is 2.44. The maximum atomic E-state index is 11.8. The number of likely N-dealkylation sites (N-methyl/N-ethyl adjacent to an activating group) is 1. The van der Waals surface area contributed by atoms with Crippen LogP contribution in [0.3, 0.4) is 0 Å². The van der Waals surface area contributed by atoms with Gasteiger partial charge in [-0.1, -0.05) is 30.4 Å². The number of benzene rings is 1. The number of amides is 2. The molecule has 5 heteroatoms. The monoisotopic (exact) mass is 219 g/mol. The lowest BCUT2D eigenvalue weighted by atomic mass is 10.3. The van der Waals surface area contributed by atoms with E-state index in [0.29, 0.717) is 5.69 Å². The Kier molecular flexibility index (Phi) is 2.24. The minimum atomic E-state index is -0.281. The second-order valence-electron chi connectivity index (χ2n) is 3.17. The van der Waals surface area contributed by atoms with Gasteiger partial charge in [-0.2, -0.15) is 0 Å². The number of amidine groups is 1. The Morgan fingerprint density at radius 2 is 1.87 bits per heavy atom. The van der Waals surface area contributed by atoms with Crippen molar-refractivity contribution < 1.29 is 4.79 Å². The van der Waals surface area contributed by atoms with Crippen LogP contribution in [0.25, 0.3) is 0 Å². The predicted molar refractivity (Wildman–Crippen MR) is 62.4 cm³/mol. The number of nitrogens with one attached hydrogen (secondary N) is 1. The van der Waals surface area contributed by atoms with Crippen LogP contribution in [0.15, 0.2) is 30.3 Å². The number of urea groups is 1. The van der Waals surface area contributed by atoms with E-state index in [1.54, 1.807) is 19.2 Å². The first kappa shape index (κ1) is 9.79. The summed E-state index contributed by atoms with van der Waals surface area (Å²) >= 11 is 4.96. The Labute approximate surface area is 92.6 Å². The van der Waals surface area contributed by atoms with Gasteiger partial charge in [0, 0.05) is 7.05 Å². The summed E-state index contributed by atoms with van der Waals surface area (Å²) in [6, 6.07) is 8.75. The highest BCUT2D eigenvalue weighted by atomic mass is 32.1. The van der Waals surface area contributed by atoms with Crippen molar-refractivity contribution in [2.75, 3.05) is 11.9 Å². The van der Waals surface area contributed by atoms with Gasteiger partial charge in [-0.05, 0) is 12.1 Å². The van der Waals surface area contributed by atoms with Gasteiger partial charge >= 0.3 is 6.03 Å². The van der Waals surface area contributed by atoms with E-state index in [1.807, 2.05) is 18.2 Å². The van der Waals surface area contributed by atoms with E-state index in [-0.39, 0.29) is 16.9 Å². The molecule has 1 saturated heterocycles. The second kappa shape index (κ2) is 3.43. The molecular weight excluding hydrogens is 210 g/mol. The van der Waals surface area contributed by atoms with Crippen molar-refractivity contribution in [2.24, 2.45) is 0 Å². The van der Waals surface area contributed by atoms with E-state index < -0.39 is 0 Å². The summed E-state index contributed by atoms with van der Waals surface area (Å²) in [5.74, 6) is 0.0590. The molecule has 2 rings (SSSR count). The maximum Gasteiger partial charge on any atom is 0.335 e. The van der Waals surface area contributed by atoms with Gasteiger partial charge in [-0.3, -0.25) is 10.3 Å². The zero-order valence-electron chi connectivity index (χ0n) is 8.10. The molecule has 1 N–H and O–H groups in total. The number of carbonyl (C=O) groups is 1. The summed E-state index contributed by atoms with van der Waals surface area (Å²) in [6.45, 7) is 0. The SMILES string of the molecule is CN1C(=O)N(c2ccccc2)C(=N)C1=S. The fourth-order valence-electron chi connectivity index (χ4n) is 1.40. The molecule has 1 heterocycles. The molecule has 0 bridgehead atoms. The van der Waals surface area contributed by atoms with Crippen LogP contribution < -0.4 is 4.90 Å². The molecule has 0 aliphatic carbocycles. The van der Waals surface area contributed by atoms with E-state index in [2.05, 4.69) is 0 Å².